The van der Waals surface area contributed by atoms with Crippen LogP contribution >= 0.6 is 0 Å². The molecule has 100 valence electrons. The van der Waals surface area contributed by atoms with Gasteiger partial charge in [0.05, 0.1) is 0 Å². The molecule has 0 radical (unpaired) electrons. The van der Waals surface area contributed by atoms with Gasteiger partial charge in [0.1, 0.15) is 0 Å². The molecule has 0 bridgehead atoms. The first-order chi connectivity index (χ1) is 8.40. The smallest absolute Gasteiger partial charge is 0.251 e. The van der Waals surface area contributed by atoms with Crippen LogP contribution in [0, 0.1) is 13.8 Å². The summed E-state index contributed by atoms with van der Waals surface area (Å²) in [5.41, 5.74) is 8.33. The van der Waals surface area contributed by atoms with Gasteiger partial charge in [-0.15, -0.1) is 0 Å². The van der Waals surface area contributed by atoms with E-state index in [2.05, 4.69) is 18.3 Å². The summed E-state index contributed by atoms with van der Waals surface area (Å²) in [7, 11) is 0. The molecule has 0 saturated heterocycles. The van der Waals surface area contributed by atoms with Gasteiger partial charge in [-0.1, -0.05) is 24.1 Å². The summed E-state index contributed by atoms with van der Waals surface area (Å²) in [5.74, 6) is -0.0143. The Morgan fingerprint density at radius 2 is 1.83 bits per heavy atom. The summed E-state index contributed by atoms with van der Waals surface area (Å²) in [6, 6.07) is 5.90. The third-order valence-corrected chi connectivity index (χ3v) is 3.38. The van der Waals surface area contributed by atoms with Crippen LogP contribution in [0.3, 0.4) is 0 Å². The Kier molecular flexibility index (Phi) is 4.91. The fourth-order valence-electron chi connectivity index (χ4n) is 2.10. The maximum atomic E-state index is 12.2. The van der Waals surface area contributed by atoms with Gasteiger partial charge in [0.25, 0.3) is 5.91 Å². The Morgan fingerprint density at radius 3 is 2.28 bits per heavy atom. The molecule has 0 heterocycles. The van der Waals surface area contributed by atoms with Crippen molar-refractivity contribution in [3.8, 4) is 0 Å². The Bertz CT molecular complexity index is 408. The average Bonchev–Trinajstić information content (AvgIpc) is 2.28. The molecule has 3 N–H and O–H groups in total. The molecular weight excluding hydrogens is 224 g/mol. The van der Waals surface area contributed by atoms with E-state index >= 15 is 0 Å². The van der Waals surface area contributed by atoms with Gasteiger partial charge in [-0.3, -0.25) is 4.79 Å². The van der Waals surface area contributed by atoms with Crippen LogP contribution in [0.25, 0.3) is 0 Å². The zero-order chi connectivity index (χ0) is 13.8. The van der Waals surface area contributed by atoms with Crippen molar-refractivity contribution in [1.82, 2.24) is 5.32 Å². The second-order valence-corrected chi connectivity index (χ2v) is 5.28. The molecule has 0 saturated carbocycles. The van der Waals surface area contributed by atoms with E-state index in [1.54, 1.807) is 0 Å². The molecule has 0 aliphatic heterocycles. The molecule has 3 heteroatoms. The highest BCUT2D eigenvalue weighted by Crippen LogP contribution is 2.16. The van der Waals surface area contributed by atoms with Gasteiger partial charge in [-0.05, 0) is 52.3 Å². The average molecular weight is 248 g/mol. The van der Waals surface area contributed by atoms with Gasteiger partial charge in [0.2, 0.25) is 0 Å². The lowest BCUT2D eigenvalue weighted by molar-refractivity contribution is 0.0899. The minimum absolute atomic E-state index is 0.0143. The Morgan fingerprint density at radius 1 is 1.28 bits per heavy atom. The number of rotatable bonds is 5. The number of amides is 1. The Hall–Kier alpha value is -1.35. The zero-order valence-corrected chi connectivity index (χ0v) is 11.8. The maximum Gasteiger partial charge on any atom is 0.251 e. The molecule has 1 aromatic rings. The number of benzene rings is 1. The van der Waals surface area contributed by atoms with Gasteiger partial charge in [0.15, 0.2) is 0 Å². The topological polar surface area (TPSA) is 55.1 Å². The van der Waals surface area contributed by atoms with Gasteiger partial charge in [-0.25, -0.2) is 0 Å². The van der Waals surface area contributed by atoms with Crippen molar-refractivity contribution in [3.05, 3.63) is 34.9 Å². The highest BCUT2D eigenvalue weighted by atomic mass is 16.1. The number of nitrogens with one attached hydrogen (secondary N) is 1. The number of hydrogen-bond acceptors (Lipinski definition) is 2. The van der Waals surface area contributed by atoms with E-state index in [1.807, 2.05) is 32.9 Å². The standard InChI is InChI=1S/C15H24N2O/c1-5-15(4,6-7-16)17-14(18)13-9-11(2)8-12(3)10-13/h8-10H,5-7,16H2,1-4H3,(H,17,18). The first-order valence-electron chi connectivity index (χ1n) is 6.51. The lowest BCUT2D eigenvalue weighted by Crippen LogP contribution is -2.46. The van der Waals surface area contributed by atoms with Gasteiger partial charge in [-0.2, -0.15) is 0 Å². The minimum atomic E-state index is -0.219. The Labute approximate surface area is 110 Å². The monoisotopic (exact) mass is 248 g/mol. The fourth-order valence-corrected chi connectivity index (χ4v) is 2.10. The normalized spacial score (nSPS) is 14.1. The third-order valence-electron chi connectivity index (χ3n) is 3.38. The van der Waals surface area contributed by atoms with Crippen molar-refractivity contribution in [2.75, 3.05) is 6.54 Å². The largest absolute Gasteiger partial charge is 0.347 e. The first-order valence-corrected chi connectivity index (χ1v) is 6.51. The van der Waals surface area contributed by atoms with E-state index in [-0.39, 0.29) is 11.4 Å². The van der Waals surface area contributed by atoms with Crippen molar-refractivity contribution < 1.29 is 4.79 Å². The van der Waals surface area contributed by atoms with E-state index in [4.69, 9.17) is 5.73 Å². The molecule has 0 aliphatic carbocycles. The van der Waals surface area contributed by atoms with Crippen LogP contribution in [0.15, 0.2) is 18.2 Å². The molecule has 0 aliphatic rings. The van der Waals surface area contributed by atoms with E-state index in [0.29, 0.717) is 6.54 Å². The minimum Gasteiger partial charge on any atom is -0.347 e. The summed E-state index contributed by atoms with van der Waals surface area (Å²) in [4.78, 5) is 12.2. The molecule has 1 aromatic carbocycles. The Balaban J connectivity index is 2.87. The highest BCUT2D eigenvalue weighted by molar-refractivity contribution is 5.95. The molecule has 0 aromatic heterocycles. The summed E-state index contributed by atoms with van der Waals surface area (Å²) in [5, 5.41) is 3.10. The molecule has 18 heavy (non-hydrogen) atoms. The second-order valence-electron chi connectivity index (χ2n) is 5.28. The predicted octanol–water partition coefficient (Wildman–Crippen LogP) is 2.55. The first kappa shape index (κ1) is 14.7. The summed E-state index contributed by atoms with van der Waals surface area (Å²) in [6.45, 7) is 8.70. The van der Waals surface area contributed by atoms with Crippen LogP contribution in [0.2, 0.25) is 0 Å². The van der Waals surface area contributed by atoms with Crippen molar-refractivity contribution >= 4 is 5.91 Å². The van der Waals surface area contributed by atoms with Gasteiger partial charge in [0, 0.05) is 11.1 Å². The molecule has 3 nitrogen and oxygen atoms in total. The quantitative estimate of drug-likeness (QED) is 0.841. The zero-order valence-electron chi connectivity index (χ0n) is 11.8. The van der Waals surface area contributed by atoms with Gasteiger partial charge >= 0.3 is 0 Å². The molecule has 1 atom stereocenters. The van der Waals surface area contributed by atoms with Gasteiger partial charge < -0.3 is 11.1 Å². The predicted molar refractivity (Wildman–Crippen MR) is 75.7 cm³/mol. The van der Waals surface area contributed by atoms with E-state index in [0.717, 1.165) is 29.5 Å². The fraction of sp³-hybridized carbons (Fsp3) is 0.533. The van der Waals surface area contributed by atoms with E-state index in [1.165, 1.54) is 0 Å². The summed E-state index contributed by atoms with van der Waals surface area (Å²) < 4.78 is 0. The summed E-state index contributed by atoms with van der Waals surface area (Å²) in [6.07, 6.45) is 1.67. The SMILES string of the molecule is CCC(C)(CCN)NC(=O)c1cc(C)cc(C)c1. The lowest BCUT2D eigenvalue weighted by atomic mass is 9.93. The lowest BCUT2D eigenvalue weighted by Gasteiger charge is -2.29. The maximum absolute atomic E-state index is 12.2. The van der Waals surface area contributed by atoms with Crippen molar-refractivity contribution in [1.29, 1.82) is 0 Å². The van der Waals surface area contributed by atoms with E-state index < -0.39 is 0 Å². The highest BCUT2D eigenvalue weighted by Gasteiger charge is 2.23. The van der Waals surface area contributed by atoms with Crippen LogP contribution in [0.4, 0.5) is 0 Å². The third kappa shape index (κ3) is 3.84. The molecule has 1 amide bonds. The second kappa shape index (κ2) is 6.01. The number of hydrogen-bond donors (Lipinski definition) is 2. The van der Waals surface area contributed by atoms with Crippen LogP contribution in [0.1, 0.15) is 48.2 Å². The number of aryl methyl sites for hydroxylation is 2. The number of carbonyl (C=O) groups is 1. The molecule has 1 unspecified atom stereocenters. The number of nitrogens with two attached hydrogens (primary N) is 1. The molecular formula is C15H24N2O. The molecule has 1 rings (SSSR count). The molecule has 0 spiro atoms. The van der Waals surface area contributed by atoms with Crippen LogP contribution in [-0.2, 0) is 0 Å². The van der Waals surface area contributed by atoms with Crippen LogP contribution < -0.4 is 11.1 Å². The van der Waals surface area contributed by atoms with Crippen molar-refractivity contribution in [2.24, 2.45) is 5.73 Å². The molecule has 0 fully saturated rings. The van der Waals surface area contributed by atoms with Crippen molar-refractivity contribution in [2.45, 2.75) is 46.1 Å². The number of carbonyl (C=O) groups excluding carboxylic acids is 1. The van der Waals surface area contributed by atoms with Crippen molar-refractivity contribution in [3.63, 3.8) is 0 Å². The van der Waals surface area contributed by atoms with Crippen LogP contribution in [-0.4, -0.2) is 18.0 Å². The van der Waals surface area contributed by atoms with Crippen LogP contribution in [0.5, 0.6) is 0 Å². The van der Waals surface area contributed by atoms with E-state index in [9.17, 15) is 4.79 Å². The summed E-state index contributed by atoms with van der Waals surface area (Å²) >= 11 is 0.